The lowest BCUT2D eigenvalue weighted by Gasteiger charge is -2.42. The first-order chi connectivity index (χ1) is 16.8. The molecule has 0 spiro atoms. The maximum atomic E-state index is 13.6. The van der Waals surface area contributed by atoms with E-state index in [9.17, 15) is 14.3 Å². The van der Waals surface area contributed by atoms with E-state index in [0.29, 0.717) is 23.7 Å². The molecule has 1 saturated heterocycles. The molecule has 2 atom stereocenters. The molecule has 180 valence electrons. The first-order valence-electron chi connectivity index (χ1n) is 11.5. The SMILES string of the molecule is COc1cc(/C=C2\CC(C)CN3C2=NC(=O)C3(CO)c2ccc(F)cc2)ccc1-n1cnc(C)c1. The Morgan fingerprint density at radius 3 is 2.69 bits per heavy atom. The molecule has 35 heavy (non-hydrogen) atoms. The van der Waals surface area contributed by atoms with E-state index in [2.05, 4.69) is 16.9 Å². The number of imidazole rings is 1. The van der Waals surface area contributed by atoms with Crippen molar-refractivity contribution in [3.05, 3.63) is 83.2 Å². The van der Waals surface area contributed by atoms with Crippen LogP contribution in [-0.4, -0.2) is 51.6 Å². The largest absolute Gasteiger partial charge is 0.495 e. The fourth-order valence-corrected chi connectivity index (χ4v) is 5.00. The Labute approximate surface area is 203 Å². The summed E-state index contributed by atoms with van der Waals surface area (Å²) in [4.78, 5) is 23.8. The highest BCUT2D eigenvalue weighted by Crippen LogP contribution is 2.41. The highest BCUT2D eigenvalue weighted by Gasteiger charge is 2.53. The van der Waals surface area contributed by atoms with E-state index in [-0.39, 0.29) is 5.92 Å². The molecule has 2 aliphatic rings. The van der Waals surface area contributed by atoms with Crippen molar-refractivity contribution in [2.45, 2.75) is 25.8 Å². The second-order valence-corrected chi connectivity index (χ2v) is 9.21. The van der Waals surface area contributed by atoms with E-state index in [1.165, 1.54) is 12.1 Å². The van der Waals surface area contributed by atoms with Crippen LogP contribution in [0, 0.1) is 18.7 Å². The first-order valence-corrected chi connectivity index (χ1v) is 11.5. The molecule has 3 heterocycles. The van der Waals surface area contributed by atoms with Crippen molar-refractivity contribution in [2.75, 3.05) is 20.3 Å². The zero-order chi connectivity index (χ0) is 24.7. The molecule has 0 saturated carbocycles. The monoisotopic (exact) mass is 474 g/mol. The number of ether oxygens (including phenoxy) is 1. The number of rotatable bonds is 5. The third-order valence-electron chi connectivity index (χ3n) is 6.71. The summed E-state index contributed by atoms with van der Waals surface area (Å²) < 4.78 is 21.1. The van der Waals surface area contributed by atoms with Crippen LogP contribution in [0.15, 0.2) is 65.6 Å². The van der Waals surface area contributed by atoms with E-state index >= 15 is 0 Å². The number of fused-ring (bicyclic) bond motifs is 1. The number of hydrogen-bond donors (Lipinski definition) is 1. The molecule has 2 aromatic carbocycles. The third kappa shape index (κ3) is 3.83. The van der Waals surface area contributed by atoms with Gasteiger partial charge in [0, 0.05) is 12.7 Å². The van der Waals surface area contributed by atoms with Crippen LogP contribution in [0.2, 0.25) is 0 Å². The molecule has 3 aromatic rings. The second kappa shape index (κ2) is 8.78. The zero-order valence-electron chi connectivity index (χ0n) is 19.9. The molecule has 0 aliphatic carbocycles. The number of piperidine rings is 1. The van der Waals surface area contributed by atoms with Gasteiger partial charge in [-0.2, -0.15) is 4.99 Å². The predicted octanol–water partition coefficient (Wildman–Crippen LogP) is 3.88. The number of carbonyl (C=O) groups is 1. The Morgan fingerprint density at radius 1 is 1.26 bits per heavy atom. The van der Waals surface area contributed by atoms with Gasteiger partial charge in [-0.3, -0.25) is 4.79 Å². The number of aliphatic hydroxyl groups excluding tert-OH is 1. The summed E-state index contributed by atoms with van der Waals surface area (Å²) >= 11 is 0. The highest BCUT2D eigenvalue weighted by molar-refractivity contribution is 6.15. The lowest BCUT2D eigenvalue weighted by Crippen LogP contribution is -2.55. The molecule has 0 radical (unpaired) electrons. The lowest BCUT2D eigenvalue weighted by molar-refractivity contribution is -0.128. The summed E-state index contributed by atoms with van der Waals surface area (Å²) in [5, 5.41) is 10.4. The van der Waals surface area contributed by atoms with Gasteiger partial charge in [0.05, 0.1) is 31.4 Å². The molecule has 1 N–H and O–H groups in total. The highest BCUT2D eigenvalue weighted by atomic mass is 19.1. The van der Waals surface area contributed by atoms with Gasteiger partial charge in [0.1, 0.15) is 17.4 Å². The van der Waals surface area contributed by atoms with E-state index in [1.807, 2.05) is 46.9 Å². The van der Waals surface area contributed by atoms with Gasteiger partial charge in [-0.25, -0.2) is 9.37 Å². The lowest BCUT2D eigenvalue weighted by atomic mass is 9.84. The number of aliphatic hydroxyl groups is 1. The number of aliphatic imine (C=N–C) groups is 1. The van der Waals surface area contributed by atoms with Crippen LogP contribution < -0.4 is 4.74 Å². The number of amidine groups is 1. The van der Waals surface area contributed by atoms with Crippen molar-refractivity contribution in [1.82, 2.24) is 14.5 Å². The molecule has 2 aliphatic heterocycles. The first kappa shape index (κ1) is 23.0. The van der Waals surface area contributed by atoms with Crippen LogP contribution in [0.3, 0.4) is 0 Å². The number of aromatic nitrogens is 2. The van der Waals surface area contributed by atoms with Gasteiger partial charge >= 0.3 is 0 Å². The van der Waals surface area contributed by atoms with Crippen molar-refractivity contribution in [1.29, 1.82) is 0 Å². The summed E-state index contributed by atoms with van der Waals surface area (Å²) in [6.45, 7) is 4.14. The van der Waals surface area contributed by atoms with Crippen molar-refractivity contribution < 1.29 is 19.0 Å². The molecule has 8 heteroatoms. The number of aryl methyl sites for hydroxylation is 1. The zero-order valence-corrected chi connectivity index (χ0v) is 19.9. The topological polar surface area (TPSA) is 80.0 Å². The quantitative estimate of drug-likeness (QED) is 0.607. The van der Waals surface area contributed by atoms with Gasteiger partial charge in [-0.05, 0) is 66.3 Å². The summed E-state index contributed by atoms with van der Waals surface area (Å²) in [7, 11) is 1.63. The molecule has 1 aromatic heterocycles. The van der Waals surface area contributed by atoms with Crippen LogP contribution >= 0.6 is 0 Å². The fourth-order valence-electron chi connectivity index (χ4n) is 5.00. The summed E-state index contributed by atoms with van der Waals surface area (Å²) in [5.74, 6) is 0.625. The Kier molecular flexibility index (Phi) is 5.76. The second-order valence-electron chi connectivity index (χ2n) is 9.21. The Hall–Kier alpha value is -3.78. The van der Waals surface area contributed by atoms with Crippen molar-refractivity contribution in [3.63, 3.8) is 0 Å². The summed E-state index contributed by atoms with van der Waals surface area (Å²) in [6, 6.07) is 11.6. The number of halogens is 1. The van der Waals surface area contributed by atoms with Gasteiger partial charge in [-0.1, -0.05) is 25.1 Å². The Bertz CT molecular complexity index is 1340. The summed E-state index contributed by atoms with van der Waals surface area (Å²) in [5.41, 5.74) is 2.77. The standard InChI is InChI=1S/C27H27FN4O3/c1-17-10-20(11-19-4-9-23(24(12-19)35-3)31-14-18(2)29-16-31)25-30-26(34)27(15-33,32(25)13-17)21-5-7-22(28)8-6-21/h4-9,11-12,14,16-17,33H,10,13,15H2,1-3H3/b20-11+. The Morgan fingerprint density at radius 2 is 2.03 bits per heavy atom. The van der Waals surface area contributed by atoms with Gasteiger partial charge in [-0.15, -0.1) is 0 Å². The minimum Gasteiger partial charge on any atom is -0.495 e. The molecule has 1 amide bonds. The van der Waals surface area contributed by atoms with Gasteiger partial charge in [0.15, 0.2) is 5.54 Å². The smallest absolute Gasteiger partial charge is 0.280 e. The molecular weight excluding hydrogens is 447 g/mol. The van der Waals surface area contributed by atoms with E-state index in [0.717, 1.165) is 28.9 Å². The maximum Gasteiger partial charge on any atom is 0.280 e. The van der Waals surface area contributed by atoms with Crippen LogP contribution in [-0.2, 0) is 10.3 Å². The average Bonchev–Trinajstić information content (AvgIpc) is 3.40. The minimum absolute atomic E-state index is 0.215. The van der Waals surface area contributed by atoms with Crippen LogP contribution in [0.1, 0.15) is 30.2 Å². The van der Waals surface area contributed by atoms with Crippen LogP contribution in [0.5, 0.6) is 5.75 Å². The minimum atomic E-state index is -1.35. The number of hydrogen-bond acceptors (Lipinski definition) is 5. The number of carbonyl (C=O) groups excluding carboxylic acids is 1. The Balaban J connectivity index is 1.54. The van der Waals surface area contributed by atoms with Crippen LogP contribution in [0.4, 0.5) is 4.39 Å². The van der Waals surface area contributed by atoms with E-state index in [1.54, 1.807) is 25.6 Å². The van der Waals surface area contributed by atoms with E-state index in [4.69, 9.17) is 4.74 Å². The van der Waals surface area contributed by atoms with E-state index < -0.39 is 23.9 Å². The molecular formula is C27H27FN4O3. The number of nitrogens with zero attached hydrogens (tertiary/aromatic N) is 4. The molecule has 2 unspecified atom stereocenters. The predicted molar refractivity (Wildman–Crippen MR) is 131 cm³/mol. The van der Waals surface area contributed by atoms with Crippen LogP contribution in [0.25, 0.3) is 11.8 Å². The number of benzene rings is 2. The summed E-state index contributed by atoms with van der Waals surface area (Å²) in [6.07, 6.45) is 6.42. The fraction of sp³-hybridized carbons (Fsp3) is 0.296. The molecule has 5 rings (SSSR count). The molecule has 1 fully saturated rings. The number of methoxy groups -OCH3 is 1. The number of amides is 1. The molecule has 0 bridgehead atoms. The van der Waals surface area contributed by atoms with Gasteiger partial charge in [0.25, 0.3) is 5.91 Å². The van der Waals surface area contributed by atoms with Gasteiger partial charge in [0.2, 0.25) is 0 Å². The van der Waals surface area contributed by atoms with Crippen molar-refractivity contribution >= 4 is 17.8 Å². The third-order valence-corrected chi connectivity index (χ3v) is 6.71. The molecule has 7 nitrogen and oxygen atoms in total. The normalized spacial score (nSPS) is 22.9. The van der Waals surface area contributed by atoms with Crippen molar-refractivity contribution in [2.24, 2.45) is 10.9 Å². The average molecular weight is 475 g/mol. The van der Waals surface area contributed by atoms with Crippen molar-refractivity contribution in [3.8, 4) is 11.4 Å². The maximum absolute atomic E-state index is 13.6. The van der Waals surface area contributed by atoms with Gasteiger partial charge < -0.3 is 19.3 Å².